The van der Waals surface area contributed by atoms with Gasteiger partial charge in [0.05, 0.1) is 25.1 Å². The minimum atomic E-state index is -3.67. The van der Waals surface area contributed by atoms with Crippen molar-refractivity contribution in [3.05, 3.63) is 53.6 Å². The van der Waals surface area contributed by atoms with Crippen LogP contribution in [0.2, 0.25) is 0 Å². The van der Waals surface area contributed by atoms with Gasteiger partial charge >= 0.3 is 0 Å². The van der Waals surface area contributed by atoms with E-state index in [1.54, 1.807) is 51.3 Å². The molecule has 0 spiro atoms. The molecule has 2 aromatic carbocycles. The molecule has 7 nitrogen and oxygen atoms in total. The molecule has 0 heterocycles. The predicted octanol–water partition coefficient (Wildman–Crippen LogP) is 3.05. The highest BCUT2D eigenvalue weighted by Crippen LogP contribution is 2.26. The van der Waals surface area contributed by atoms with Crippen LogP contribution in [0.5, 0.6) is 11.5 Å². The number of amides is 1. The minimum absolute atomic E-state index is 0.243. The van der Waals surface area contributed by atoms with Crippen LogP contribution in [0.25, 0.3) is 0 Å². The molecule has 164 valence electrons. The van der Waals surface area contributed by atoms with Crippen molar-refractivity contribution in [1.29, 1.82) is 0 Å². The molecule has 2 atom stereocenters. The molecule has 2 aromatic rings. The summed E-state index contributed by atoms with van der Waals surface area (Å²) in [4.78, 5) is 12.8. The van der Waals surface area contributed by atoms with E-state index in [-0.39, 0.29) is 12.6 Å². The fraction of sp³-hybridized carbons (Fsp3) is 0.409. The zero-order chi connectivity index (χ0) is 22.5. The monoisotopic (exact) mass is 434 g/mol. The molecule has 1 amide bonds. The largest absolute Gasteiger partial charge is 0.497 e. The molecular formula is C22H30N2O5S. The van der Waals surface area contributed by atoms with Gasteiger partial charge in [-0.05, 0) is 69.2 Å². The van der Waals surface area contributed by atoms with Gasteiger partial charge in [0.1, 0.15) is 24.1 Å². The maximum atomic E-state index is 12.8. The molecule has 2 rings (SSSR count). The zero-order valence-electron chi connectivity index (χ0n) is 18.3. The maximum Gasteiger partial charge on any atom is 0.243 e. The summed E-state index contributed by atoms with van der Waals surface area (Å²) < 4.78 is 37.0. The first-order valence-electron chi connectivity index (χ1n) is 9.66. The molecule has 1 N–H and O–H groups in total. The minimum Gasteiger partial charge on any atom is -0.497 e. The summed E-state index contributed by atoms with van der Waals surface area (Å²) in [5.74, 6) is 0.982. The van der Waals surface area contributed by atoms with Gasteiger partial charge in [0.25, 0.3) is 0 Å². The Bertz CT molecular complexity index is 974. The predicted molar refractivity (Wildman–Crippen MR) is 119 cm³/mol. The Balaban J connectivity index is 2.08. The van der Waals surface area contributed by atoms with Gasteiger partial charge in [0.15, 0.2) is 0 Å². The molecule has 30 heavy (non-hydrogen) atoms. The third-order valence-electron chi connectivity index (χ3n) is 4.64. The van der Waals surface area contributed by atoms with E-state index in [0.717, 1.165) is 23.1 Å². The smallest absolute Gasteiger partial charge is 0.243 e. The number of methoxy groups -OCH3 is 1. The van der Waals surface area contributed by atoms with Crippen LogP contribution in [0.1, 0.15) is 25.0 Å². The van der Waals surface area contributed by atoms with Gasteiger partial charge in [-0.2, -0.15) is 0 Å². The van der Waals surface area contributed by atoms with E-state index in [9.17, 15) is 13.2 Å². The van der Waals surface area contributed by atoms with Crippen LogP contribution in [0.4, 0.5) is 5.69 Å². The number of nitrogens with zero attached hydrogens (tertiary/aromatic N) is 1. The van der Waals surface area contributed by atoms with E-state index in [2.05, 4.69) is 5.32 Å². The van der Waals surface area contributed by atoms with E-state index >= 15 is 0 Å². The molecule has 0 saturated heterocycles. The Labute approximate surface area is 179 Å². The second-order valence-electron chi connectivity index (χ2n) is 7.42. The summed E-state index contributed by atoms with van der Waals surface area (Å²) in [5.41, 5.74) is 2.20. The van der Waals surface area contributed by atoms with Crippen LogP contribution < -0.4 is 19.1 Å². The first kappa shape index (κ1) is 23.5. The van der Waals surface area contributed by atoms with Gasteiger partial charge < -0.3 is 14.8 Å². The van der Waals surface area contributed by atoms with E-state index in [4.69, 9.17) is 9.47 Å². The molecule has 0 saturated carbocycles. The van der Waals surface area contributed by atoms with Gasteiger partial charge in [-0.1, -0.05) is 12.1 Å². The number of hydrogen-bond acceptors (Lipinski definition) is 5. The SMILES string of the molecule is COc1ccc(OC[C@H](C)NC(=O)[C@H](C)N(c2cc(C)ccc2C)S(C)(=O)=O)cc1. The third kappa shape index (κ3) is 6.13. The van der Waals surface area contributed by atoms with Crippen LogP contribution in [0.15, 0.2) is 42.5 Å². The van der Waals surface area contributed by atoms with Crippen molar-refractivity contribution in [3.63, 3.8) is 0 Å². The lowest BCUT2D eigenvalue weighted by Crippen LogP contribution is -2.51. The highest BCUT2D eigenvalue weighted by molar-refractivity contribution is 7.92. The average Bonchev–Trinajstić information content (AvgIpc) is 2.68. The molecule has 0 unspecified atom stereocenters. The molecular weight excluding hydrogens is 404 g/mol. The molecule has 8 heteroatoms. The van der Waals surface area contributed by atoms with Gasteiger partial charge in [0, 0.05) is 0 Å². The topological polar surface area (TPSA) is 84.9 Å². The first-order valence-corrected chi connectivity index (χ1v) is 11.5. The van der Waals surface area contributed by atoms with Crippen LogP contribution in [0.3, 0.4) is 0 Å². The number of carbonyl (C=O) groups excluding carboxylic acids is 1. The number of aryl methyl sites for hydroxylation is 2. The molecule has 0 aliphatic rings. The summed E-state index contributed by atoms with van der Waals surface area (Å²) in [5, 5.41) is 2.83. The van der Waals surface area contributed by atoms with Crippen molar-refractivity contribution in [2.75, 3.05) is 24.3 Å². The first-order chi connectivity index (χ1) is 14.0. The van der Waals surface area contributed by atoms with Crippen molar-refractivity contribution in [2.24, 2.45) is 0 Å². The maximum absolute atomic E-state index is 12.8. The summed E-state index contributed by atoms with van der Waals surface area (Å²) in [6.07, 6.45) is 1.11. The lowest BCUT2D eigenvalue weighted by Gasteiger charge is -2.30. The van der Waals surface area contributed by atoms with Crippen molar-refractivity contribution in [3.8, 4) is 11.5 Å². The summed E-state index contributed by atoms with van der Waals surface area (Å²) in [7, 11) is -2.08. The van der Waals surface area contributed by atoms with Gasteiger partial charge in [0.2, 0.25) is 15.9 Å². The van der Waals surface area contributed by atoms with Crippen molar-refractivity contribution < 1.29 is 22.7 Å². The number of nitrogens with one attached hydrogen (secondary N) is 1. The number of benzene rings is 2. The highest BCUT2D eigenvalue weighted by atomic mass is 32.2. The Morgan fingerprint density at radius 2 is 1.67 bits per heavy atom. The molecule has 0 aromatic heterocycles. The number of carbonyl (C=O) groups is 1. The molecule has 0 aliphatic heterocycles. The molecule has 0 fully saturated rings. The fourth-order valence-corrected chi connectivity index (χ4v) is 4.26. The number of anilines is 1. The Hall–Kier alpha value is -2.74. The van der Waals surface area contributed by atoms with E-state index in [1.807, 2.05) is 26.0 Å². The average molecular weight is 435 g/mol. The Kier molecular flexibility index (Phi) is 7.72. The standard InChI is InChI=1S/C22H30N2O5S/c1-15-7-8-16(2)21(13-15)24(30(6,26)27)18(4)22(25)23-17(3)14-29-20-11-9-19(28-5)10-12-20/h7-13,17-18H,14H2,1-6H3,(H,23,25)/t17-,18-/m0/s1. The van der Waals surface area contributed by atoms with Gasteiger partial charge in [-0.15, -0.1) is 0 Å². The normalized spacial score (nSPS) is 13.3. The Morgan fingerprint density at radius 1 is 1.07 bits per heavy atom. The Morgan fingerprint density at radius 3 is 2.23 bits per heavy atom. The lowest BCUT2D eigenvalue weighted by molar-refractivity contribution is -0.122. The van der Waals surface area contributed by atoms with E-state index in [1.165, 1.54) is 4.31 Å². The van der Waals surface area contributed by atoms with Crippen LogP contribution in [-0.2, 0) is 14.8 Å². The van der Waals surface area contributed by atoms with E-state index in [0.29, 0.717) is 11.4 Å². The van der Waals surface area contributed by atoms with Crippen molar-refractivity contribution in [1.82, 2.24) is 5.32 Å². The molecule has 0 bridgehead atoms. The lowest BCUT2D eigenvalue weighted by atomic mass is 10.1. The number of ether oxygens (including phenoxy) is 2. The summed E-state index contributed by atoms with van der Waals surface area (Å²) in [6, 6.07) is 11.4. The van der Waals surface area contributed by atoms with Gasteiger partial charge in [-0.25, -0.2) is 8.42 Å². The van der Waals surface area contributed by atoms with Crippen molar-refractivity contribution in [2.45, 2.75) is 39.8 Å². The molecule has 0 radical (unpaired) electrons. The summed E-state index contributed by atoms with van der Waals surface area (Å²) in [6.45, 7) is 7.33. The van der Waals surface area contributed by atoms with Crippen LogP contribution in [0, 0.1) is 13.8 Å². The van der Waals surface area contributed by atoms with Crippen molar-refractivity contribution >= 4 is 21.6 Å². The zero-order valence-corrected chi connectivity index (χ0v) is 19.1. The second-order valence-corrected chi connectivity index (χ2v) is 9.28. The van der Waals surface area contributed by atoms with Crippen LogP contribution >= 0.6 is 0 Å². The number of sulfonamides is 1. The second kappa shape index (κ2) is 9.84. The summed E-state index contributed by atoms with van der Waals surface area (Å²) >= 11 is 0. The highest BCUT2D eigenvalue weighted by Gasteiger charge is 2.30. The third-order valence-corrected chi connectivity index (χ3v) is 5.87. The molecule has 0 aliphatic carbocycles. The van der Waals surface area contributed by atoms with Crippen LogP contribution in [-0.4, -0.2) is 46.4 Å². The number of rotatable bonds is 9. The number of hydrogen-bond donors (Lipinski definition) is 1. The van der Waals surface area contributed by atoms with E-state index < -0.39 is 22.0 Å². The quantitative estimate of drug-likeness (QED) is 0.656. The fourth-order valence-electron chi connectivity index (χ4n) is 3.04. The van der Waals surface area contributed by atoms with Gasteiger partial charge in [-0.3, -0.25) is 9.10 Å².